The third-order valence-corrected chi connectivity index (χ3v) is 5.42. The van der Waals surface area contributed by atoms with E-state index in [1.807, 2.05) is 17.7 Å². The molecule has 2 aromatic rings. The Hall–Kier alpha value is -3.00. The third-order valence-electron chi connectivity index (χ3n) is 5.42. The average molecular weight is 445 g/mol. The van der Waals surface area contributed by atoms with Gasteiger partial charge in [-0.2, -0.15) is 0 Å². The third kappa shape index (κ3) is 4.46. The van der Waals surface area contributed by atoms with E-state index in [-0.39, 0.29) is 29.5 Å². The van der Waals surface area contributed by atoms with E-state index < -0.39 is 11.4 Å². The molecule has 1 N–H and O–H groups in total. The lowest BCUT2D eigenvalue weighted by Crippen LogP contribution is -2.53. The molecule has 2 heterocycles. The number of hydrogen-bond acceptors (Lipinski definition) is 7. The fourth-order valence-electron chi connectivity index (χ4n) is 4.14. The van der Waals surface area contributed by atoms with Crippen molar-refractivity contribution in [3.05, 3.63) is 45.7 Å². The molecule has 1 atom stereocenters. The van der Waals surface area contributed by atoms with Crippen molar-refractivity contribution in [2.75, 3.05) is 31.9 Å². The molecule has 0 saturated carbocycles. The quantitative estimate of drug-likeness (QED) is 0.515. The summed E-state index contributed by atoms with van der Waals surface area (Å²) in [5.74, 6) is -0.270. The highest BCUT2D eigenvalue weighted by molar-refractivity contribution is 5.89. The monoisotopic (exact) mass is 444 g/mol. The summed E-state index contributed by atoms with van der Waals surface area (Å²) in [6.07, 6.45) is 2.23. The first-order valence-electron chi connectivity index (χ1n) is 10.8. The molecule has 8 heteroatoms. The van der Waals surface area contributed by atoms with Crippen molar-refractivity contribution in [1.82, 2.24) is 4.68 Å². The van der Waals surface area contributed by atoms with Crippen LogP contribution in [0, 0.1) is 0 Å². The number of phenolic OH excluding ortho intramolecular Hbond substituents is 1. The van der Waals surface area contributed by atoms with Crippen LogP contribution in [0.4, 0.5) is 0 Å². The number of rotatable bonds is 7. The maximum Gasteiger partial charge on any atom is 0.343 e. The molecule has 1 aliphatic rings. The average Bonchev–Trinajstić information content (AvgIpc) is 2.71. The van der Waals surface area contributed by atoms with Crippen molar-refractivity contribution in [2.24, 2.45) is 0 Å². The Kier molecular flexibility index (Phi) is 6.83. The lowest BCUT2D eigenvalue weighted by Gasteiger charge is -2.48. The van der Waals surface area contributed by atoms with E-state index >= 15 is 0 Å². The maximum absolute atomic E-state index is 12.8. The number of ether oxygens (including phenoxy) is 3. The van der Waals surface area contributed by atoms with Gasteiger partial charge >= 0.3 is 5.97 Å². The number of aromatic hydroxyl groups is 1. The second kappa shape index (κ2) is 9.24. The van der Waals surface area contributed by atoms with Crippen LogP contribution in [0.1, 0.15) is 63.0 Å². The van der Waals surface area contributed by atoms with Gasteiger partial charge in [0.1, 0.15) is 5.56 Å². The number of fused-ring (bicyclic) bond motifs is 3. The molecule has 174 valence electrons. The van der Waals surface area contributed by atoms with Gasteiger partial charge in [-0.05, 0) is 52.3 Å². The summed E-state index contributed by atoms with van der Waals surface area (Å²) in [5.41, 5.74) is 1.43. The van der Waals surface area contributed by atoms with Gasteiger partial charge in [0, 0.05) is 43.5 Å². The lowest BCUT2D eigenvalue weighted by atomic mass is 9.92. The van der Waals surface area contributed by atoms with E-state index in [4.69, 9.17) is 14.2 Å². The number of phenols is 1. The number of carbonyl (C=O) groups excluding carboxylic acids is 1. The normalized spacial score (nSPS) is 15.2. The SMILES string of the molecule is CCOC(=O)c1cn2c(cc1=O)-c1cc(O)c(OCCCOC)cc1C(C)N2C(C)(C)C. The minimum absolute atomic E-state index is 0.00829. The van der Waals surface area contributed by atoms with Crippen molar-refractivity contribution in [1.29, 1.82) is 0 Å². The minimum Gasteiger partial charge on any atom is -0.504 e. The van der Waals surface area contributed by atoms with E-state index in [1.165, 1.54) is 12.3 Å². The van der Waals surface area contributed by atoms with Gasteiger partial charge in [0.15, 0.2) is 16.9 Å². The number of aromatic nitrogens is 1. The zero-order valence-corrected chi connectivity index (χ0v) is 19.6. The zero-order chi connectivity index (χ0) is 23.6. The molecule has 0 bridgehead atoms. The van der Waals surface area contributed by atoms with Gasteiger partial charge in [-0.25, -0.2) is 4.79 Å². The number of pyridine rings is 1. The van der Waals surface area contributed by atoms with Crippen LogP contribution in [0.3, 0.4) is 0 Å². The van der Waals surface area contributed by atoms with E-state index in [2.05, 4.69) is 25.8 Å². The van der Waals surface area contributed by atoms with E-state index in [0.29, 0.717) is 36.6 Å². The lowest BCUT2D eigenvalue weighted by molar-refractivity contribution is 0.0523. The molecule has 0 amide bonds. The highest BCUT2D eigenvalue weighted by atomic mass is 16.5. The molecule has 8 nitrogen and oxygen atoms in total. The van der Waals surface area contributed by atoms with Crippen molar-refractivity contribution in [3.8, 4) is 22.8 Å². The molecule has 1 aliphatic heterocycles. The molecule has 0 saturated heterocycles. The van der Waals surface area contributed by atoms with Crippen molar-refractivity contribution >= 4 is 5.97 Å². The first kappa shape index (κ1) is 23.7. The predicted molar refractivity (Wildman–Crippen MR) is 122 cm³/mol. The van der Waals surface area contributed by atoms with Crippen LogP contribution in [0.5, 0.6) is 11.5 Å². The van der Waals surface area contributed by atoms with E-state index in [9.17, 15) is 14.7 Å². The van der Waals surface area contributed by atoms with Gasteiger partial charge in [0.05, 0.1) is 24.9 Å². The van der Waals surface area contributed by atoms with Gasteiger partial charge in [-0.1, -0.05) is 0 Å². The largest absolute Gasteiger partial charge is 0.504 e. The molecular weight excluding hydrogens is 412 g/mol. The highest BCUT2D eigenvalue weighted by Crippen LogP contribution is 2.44. The number of nitrogens with zero attached hydrogens (tertiary/aromatic N) is 2. The van der Waals surface area contributed by atoms with Gasteiger partial charge in [0.25, 0.3) is 0 Å². The summed E-state index contributed by atoms with van der Waals surface area (Å²) in [5, 5.41) is 12.7. The molecule has 0 spiro atoms. The molecule has 32 heavy (non-hydrogen) atoms. The Morgan fingerprint density at radius 3 is 2.53 bits per heavy atom. The summed E-state index contributed by atoms with van der Waals surface area (Å²) in [6.45, 7) is 11.1. The van der Waals surface area contributed by atoms with Crippen LogP contribution in [0.25, 0.3) is 11.3 Å². The predicted octanol–water partition coefficient (Wildman–Crippen LogP) is 3.62. The Morgan fingerprint density at radius 1 is 1.19 bits per heavy atom. The summed E-state index contributed by atoms with van der Waals surface area (Å²) >= 11 is 0. The van der Waals surface area contributed by atoms with Crippen LogP contribution in [0.2, 0.25) is 0 Å². The molecule has 0 aliphatic carbocycles. The standard InChI is InChI=1S/C24H32N2O6/c1-7-31-23(29)18-14-25-19(13-20(18)27)17-11-21(28)22(32-10-8-9-30-6)12-16(17)15(2)26(25)24(3,4)5/h11-15,28H,7-10H2,1-6H3. The second-order valence-corrected chi connectivity index (χ2v) is 8.80. The Labute approximate surface area is 188 Å². The molecular formula is C24H32N2O6. The van der Waals surface area contributed by atoms with Crippen LogP contribution in [-0.4, -0.2) is 48.2 Å². The smallest absolute Gasteiger partial charge is 0.343 e. The molecule has 1 aromatic carbocycles. The molecule has 3 rings (SSSR count). The first-order chi connectivity index (χ1) is 15.1. The topological polar surface area (TPSA) is 90.2 Å². The summed E-state index contributed by atoms with van der Waals surface area (Å²) in [4.78, 5) is 25.1. The maximum atomic E-state index is 12.8. The van der Waals surface area contributed by atoms with Gasteiger partial charge < -0.3 is 24.3 Å². The van der Waals surface area contributed by atoms with Crippen LogP contribution >= 0.6 is 0 Å². The highest BCUT2D eigenvalue weighted by Gasteiger charge is 2.36. The van der Waals surface area contributed by atoms with Crippen LogP contribution < -0.4 is 15.2 Å². The van der Waals surface area contributed by atoms with Gasteiger partial charge in [-0.15, -0.1) is 0 Å². The molecule has 0 radical (unpaired) electrons. The molecule has 0 fully saturated rings. The fourth-order valence-corrected chi connectivity index (χ4v) is 4.14. The van der Waals surface area contributed by atoms with Crippen LogP contribution in [0.15, 0.2) is 29.2 Å². The fraction of sp³-hybridized carbons (Fsp3) is 0.500. The zero-order valence-electron chi connectivity index (χ0n) is 19.6. The first-order valence-corrected chi connectivity index (χ1v) is 10.8. The minimum atomic E-state index is -0.650. The number of methoxy groups -OCH3 is 1. The Morgan fingerprint density at radius 2 is 1.91 bits per heavy atom. The molecule has 1 unspecified atom stereocenters. The van der Waals surface area contributed by atoms with Gasteiger partial charge in [-0.3, -0.25) is 9.47 Å². The van der Waals surface area contributed by atoms with E-state index in [1.54, 1.807) is 20.1 Å². The summed E-state index contributed by atoms with van der Waals surface area (Å²) in [6, 6.07) is 4.74. The molecule has 1 aromatic heterocycles. The summed E-state index contributed by atoms with van der Waals surface area (Å²) in [7, 11) is 1.63. The number of benzene rings is 1. The second-order valence-electron chi connectivity index (χ2n) is 8.80. The number of esters is 1. The van der Waals surface area contributed by atoms with Crippen molar-refractivity contribution in [2.45, 2.75) is 52.6 Å². The van der Waals surface area contributed by atoms with E-state index in [0.717, 1.165) is 5.56 Å². The van der Waals surface area contributed by atoms with Crippen LogP contribution in [-0.2, 0) is 9.47 Å². The summed E-state index contributed by atoms with van der Waals surface area (Å²) < 4.78 is 17.7. The van der Waals surface area contributed by atoms with Crippen molar-refractivity contribution in [3.63, 3.8) is 0 Å². The van der Waals surface area contributed by atoms with Crippen molar-refractivity contribution < 1.29 is 24.1 Å². The Bertz CT molecular complexity index is 1050. The van der Waals surface area contributed by atoms with Gasteiger partial charge in [0.2, 0.25) is 0 Å². The number of hydrogen-bond donors (Lipinski definition) is 1. The Balaban J connectivity index is 2.16. The number of carbonyl (C=O) groups is 1.